The molecule has 0 aliphatic heterocycles. The Morgan fingerprint density at radius 1 is 1.09 bits per heavy atom. The first-order valence-corrected chi connectivity index (χ1v) is 13.4. The number of sulfonamides is 1. The smallest absolute Gasteiger partial charge is 0.308 e. The average Bonchev–Trinajstić information content (AvgIpc) is 3.13. The summed E-state index contributed by atoms with van der Waals surface area (Å²) in [5.74, 6) is 0.755. The number of halogens is 1. The third-order valence-electron chi connectivity index (χ3n) is 5.73. The first-order chi connectivity index (χ1) is 16.2. The fourth-order valence-electron chi connectivity index (χ4n) is 3.90. The SMILES string of the molecule is CC[C@@H](NS(=O)(=O)c1ccc2c(c1)sc(=O)n2Cc1ccc(Cl)cc1)c1ccc(OC)c(C)c1. The van der Waals surface area contributed by atoms with Gasteiger partial charge in [-0.25, -0.2) is 13.1 Å². The highest BCUT2D eigenvalue weighted by Gasteiger charge is 2.22. The molecule has 0 saturated carbocycles. The van der Waals surface area contributed by atoms with Gasteiger partial charge in [-0.05, 0) is 66.4 Å². The second kappa shape index (κ2) is 9.92. The zero-order valence-electron chi connectivity index (χ0n) is 19.0. The Hall–Kier alpha value is -2.65. The zero-order chi connectivity index (χ0) is 24.5. The van der Waals surface area contributed by atoms with Crippen molar-refractivity contribution in [1.82, 2.24) is 9.29 Å². The molecule has 1 atom stereocenters. The van der Waals surface area contributed by atoms with Gasteiger partial charge in [0.1, 0.15) is 5.75 Å². The lowest BCUT2D eigenvalue weighted by Gasteiger charge is -2.19. The molecule has 3 aromatic carbocycles. The van der Waals surface area contributed by atoms with Gasteiger partial charge in [-0.3, -0.25) is 9.36 Å². The van der Waals surface area contributed by atoms with Crippen LogP contribution in [0.2, 0.25) is 5.02 Å². The fourth-order valence-corrected chi connectivity index (χ4v) is 6.36. The van der Waals surface area contributed by atoms with Crippen LogP contribution in [-0.4, -0.2) is 20.1 Å². The van der Waals surface area contributed by atoms with E-state index in [-0.39, 0.29) is 9.77 Å². The van der Waals surface area contributed by atoms with Crippen molar-refractivity contribution in [3.63, 3.8) is 0 Å². The number of fused-ring (bicyclic) bond motifs is 1. The summed E-state index contributed by atoms with van der Waals surface area (Å²) in [5.41, 5.74) is 3.43. The van der Waals surface area contributed by atoms with E-state index in [4.69, 9.17) is 16.3 Å². The number of nitrogens with one attached hydrogen (secondary N) is 1. The molecule has 1 N–H and O–H groups in total. The summed E-state index contributed by atoms with van der Waals surface area (Å²) in [6, 6.07) is 17.3. The van der Waals surface area contributed by atoms with Gasteiger partial charge in [0.15, 0.2) is 0 Å². The van der Waals surface area contributed by atoms with Gasteiger partial charge in [0, 0.05) is 11.1 Å². The van der Waals surface area contributed by atoms with Crippen molar-refractivity contribution >= 4 is 43.2 Å². The fraction of sp³-hybridized carbons (Fsp3) is 0.240. The predicted molar refractivity (Wildman–Crippen MR) is 138 cm³/mol. The van der Waals surface area contributed by atoms with Gasteiger partial charge in [-0.15, -0.1) is 0 Å². The molecule has 0 bridgehead atoms. The monoisotopic (exact) mass is 516 g/mol. The van der Waals surface area contributed by atoms with Crippen LogP contribution in [0.15, 0.2) is 70.4 Å². The van der Waals surface area contributed by atoms with Gasteiger partial charge in [0.05, 0.1) is 28.8 Å². The zero-order valence-corrected chi connectivity index (χ0v) is 21.4. The molecule has 0 radical (unpaired) electrons. The van der Waals surface area contributed by atoms with E-state index >= 15 is 0 Å². The summed E-state index contributed by atoms with van der Waals surface area (Å²) in [5, 5.41) is 0.629. The predicted octanol–water partition coefficient (Wildman–Crippen LogP) is 5.51. The highest BCUT2D eigenvalue weighted by atomic mass is 35.5. The lowest BCUT2D eigenvalue weighted by molar-refractivity contribution is 0.411. The third kappa shape index (κ3) is 5.05. The number of benzene rings is 3. The van der Waals surface area contributed by atoms with E-state index in [1.165, 1.54) is 0 Å². The Labute approximate surface area is 207 Å². The number of thiazole rings is 1. The molecule has 0 saturated heterocycles. The van der Waals surface area contributed by atoms with Crippen molar-refractivity contribution in [2.24, 2.45) is 0 Å². The van der Waals surface area contributed by atoms with Crippen LogP contribution in [0.1, 0.15) is 36.1 Å². The molecule has 0 aliphatic rings. The van der Waals surface area contributed by atoms with Gasteiger partial charge in [0.2, 0.25) is 10.0 Å². The maximum atomic E-state index is 13.2. The molecule has 34 heavy (non-hydrogen) atoms. The van der Waals surface area contributed by atoms with Crippen molar-refractivity contribution in [1.29, 1.82) is 0 Å². The molecule has 6 nitrogen and oxygen atoms in total. The standard InChI is InChI=1S/C25H25ClN2O4S2/c1-4-21(18-7-12-23(32-3)16(2)13-18)27-34(30,31)20-10-11-22-24(14-20)33-25(29)28(22)15-17-5-8-19(26)9-6-17/h5-14,21,27H,4,15H2,1-3H3/t21-/m1/s1. The number of aromatic nitrogens is 1. The van der Waals surface area contributed by atoms with Gasteiger partial charge >= 0.3 is 4.87 Å². The number of aryl methyl sites for hydroxylation is 1. The molecule has 0 amide bonds. The highest BCUT2D eigenvalue weighted by molar-refractivity contribution is 7.89. The molecule has 0 unspecified atom stereocenters. The number of rotatable bonds is 8. The second-order valence-corrected chi connectivity index (χ2v) is 11.2. The highest BCUT2D eigenvalue weighted by Crippen LogP contribution is 2.27. The van der Waals surface area contributed by atoms with Crippen LogP contribution in [0.5, 0.6) is 5.75 Å². The largest absolute Gasteiger partial charge is 0.496 e. The Morgan fingerprint density at radius 3 is 2.47 bits per heavy atom. The summed E-state index contributed by atoms with van der Waals surface area (Å²) in [6.07, 6.45) is 0.581. The molecule has 9 heteroatoms. The van der Waals surface area contributed by atoms with Crippen molar-refractivity contribution < 1.29 is 13.2 Å². The molecule has 1 heterocycles. The van der Waals surface area contributed by atoms with E-state index in [0.717, 1.165) is 33.8 Å². The second-order valence-electron chi connectivity index (χ2n) is 8.02. The van der Waals surface area contributed by atoms with Crippen LogP contribution >= 0.6 is 22.9 Å². The Bertz CT molecular complexity index is 1490. The van der Waals surface area contributed by atoms with Gasteiger partial charge in [-0.2, -0.15) is 0 Å². The summed E-state index contributed by atoms with van der Waals surface area (Å²) >= 11 is 6.99. The first-order valence-electron chi connectivity index (χ1n) is 10.8. The Balaban J connectivity index is 1.62. The number of methoxy groups -OCH3 is 1. The molecule has 0 spiro atoms. The van der Waals surface area contributed by atoms with Crippen LogP contribution in [-0.2, 0) is 16.6 Å². The third-order valence-corrected chi connectivity index (χ3v) is 8.39. The minimum absolute atomic E-state index is 0.128. The van der Waals surface area contributed by atoms with Crippen molar-refractivity contribution in [2.75, 3.05) is 7.11 Å². The number of hydrogen-bond donors (Lipinski definition) is 1. The summed E-state index contributed by atoms with van der Waals surface area (Å²) in [4.78, 5) is 12.6. The minimum atomic E-state index is -3.81. The molecule has 0 aliphatic carbocycles. The van der Waals surface area contributed by atoms with Gasteiger partial charge < -0.3 is 4.74 Å². The molecule has 4 aromatic rings. The van der Waals surface area contributed by atoms with Crippen LogP contribution in [0.3, 0.4) is 0 Å². The van der Waals surface area contributed by atoms with Crippen molar-refractivity contribution in [3.8, 4) is 5.75 Å². The maximum Gasteiger partial charge on any atom is 0.308 e. The van der Waals surface area contributed by atoms with E-state index < -0.39 is 16.1 Å². The number of hydrogen-bond acceptors (Lipinski definition) is 5. The van der Waals surface area contributed by atoms with Crippen LogP contribution in [0, 0.1) is 6.92 Å². The molecule has 4 rings (SSSR count). The summed E-state index contributed by atoms with van der Waals surface area (Å²) in [7, 11) is -2.20. The Morgan fingerprint density at radius 2 is 1.82 bits per heavy atom. The van der Waals surface area contributed by atoms with E-state index in [1.807, 2.05) is 44.2 Å². The first kappa shape index (κ1) is 24.5. The van der Waals surface area contributed by atoms with E-state index in [1.54, 1.807) is 42.0 Å². The van der Waals surface area contributed by atoms with Gasteiger partial charge in [-0.1, -0.05) is 54.1 Å². The van der Waals surface area contributed by atoms with Gasteiger partial charge in [0.25, 0.3) is 0 Å². The quantitative estimate of drug-likeness (QED) is 0.335. The lowest BCUT2D eigenvalue weighted by atomic mass is 10.0. The Kier molecular flexibility index (Phi) is 7.14. The number of ether oxygens (including phenoxy) is 1. The lowest BCUT2D eigenvalue weighted by Crippen LogP contribution is -2.28. The van der Waals surface area contributed by atoms with E-state index in [9.17, 15) is 13.2 Å². The topological polar surface area (TPSA) is 77.4 Å². The maximum absolute atomic E-state index is 13.2. The van der Waals surface area contributed by atoms with E-state index in [2.05, 4.69) is 4.72 Å². The van der Waals surface area contributed by atoms with Crippen LogP contribution in [0.25, 0.3) is 10.2 Å². The van der Waals surface area contributed by atoms with Crippen molar-refractivity contribution in [2.45, 2.75) is 37.8 Å². The average molecular weight is 517 g/mol. The van der Waals surface area contributed by atoms with Crippen molar-refractivity contribution in [3.05, 3.63) is 92.0 Å². The van der Waals surface area contributed by atoms with Crippen LogP contribution in [0.4, 0.5) is 0 Å². The van der Waals surface area contributed by atoms with E-state index in [0.29, 0.717) is 28.2 Å². The summed E-state index contributed by atoms with van der Waals surface area (Å²) in [6.45, 7) is 4.24. The molecular formula is C25H25ClN2O4S2. The molecular weight excluding hydrogens is 492 g/mol. The molecule has 0 fully saturated rings. The minimum Gasteiger partial charge on any atom is -0.496 e. The molecule has 178 valence electrons. The normalized spacial score (nSPS) is 12.7. The molecule has 1 aromatic heterocycles. The summed E-state index contributed by atoms with van der Waals surface area (Å²) < 4.78 is 36.8. The van der Waals surface area contributed by atoms with Crippen LogP contribution < -0.4 is 14.3 Å². The number of nitrogens with zero attached hydrogens (tertiary/aromatic N) is 1.